The fourth-order valence-electron chi connectivity index (χ4n) is 2.93. The molecule has 2 heteroatoms. The van der Waals surface area contributed by atoms with Gasteiger partial charge in [0.25, 0.3) is 0 Å². The monoisotopic (exact) mass is 169 g/mol. The van der Waals surface area contributed by atoms with E-state index in [1.54, 1.807) is 0 Å². The molecular weight excluding hydrogens is 148 g/mol. The molecule has 0 amide bonds. The second-order valence-electron chi connectivity index (χ2n) is 4.74. The van der Waals surface area contributed by atoms with E-state index in [4.69, 9.17) is 0 Å². The molecule has 70 valence electrons. The molecule has 2 saturated heterocycles. The van der Waals surface area contributed by atoms with E-state index in [9.17, 15) is 0 Å². The zero-order valence-corrected chi connectivity index (χ0v) is 8.42. The molecule has 0 N–H and O–H groups in total. The van der Waals surface area contributed by atoms with Crippen LogP contribution in [0.4, 0.5) is 0 Å². The van der Waals surface area contributed by atoms with E-state index in [2.05, 4.69) is 19.0 Å². The molecule has 0 aliphatic carbocycles. The molecule has 2 aliphatic rings. The summed E-state index contributed by atoms with van der Waals surface area (Å²) in [6.07, 6.45) is 6.61. The van der Waals surface area contributed by atoms with Gasteiger partial charge in [0.2, 0.25) is 0 Å². The summed E-state index contributed by atoms with van der Waals surface area (Å²) >= 11 is 0. The van der Waals surface area contributed by atoms with Gasteiger partial charge in [0.1, 0.15) is 6.17 Å². The molecule has 0 saturated carbocycles. The normalized spacial score (nSPS) is 44.0. The number of nitrogens with zero attached hydrogens (tertiary/aromatic N) is 2. The van der Waals surface area contributed by atoms with E-state index >= 15 is 0 Å². The largest absolute Gasteiger partial charge is 0.310 e. The van der Waals surface area contributed by atoms with Crippen LogP contribution in [0.5, 0.6) is 0 Å². The topological polar surface area (TPSA) is 3.24 Å². The molecule has 0 aromatic rings. The molecule has 2 aliphatic heterocycles. The fraction of sp³-hybridized carbons (Fsp3) is 1.00. The molecule has 2 heterocycles. The first-order valence-electron chi connectivity index (χ1n) is 5.27. The molecule has 2 rings (SSSR count). The SMILES string of the molecule is CN1CC[N+]2(C)CCCCCC12. The van der Waals surface area contributed by atoms with Gasteiger partial charge in [-0.15, -0.1) is 0 Å². The second kappa shape index (κ2) is 3.00. The van der Waals surface area contributed by atoms with Gasteiger partial charge in [-0.2, -0.15) is 0 Å². The number of hydrogen-bond donors (Lipinski definition) is 0. The predicted octanol–water partition coefficient (Wildman–Crippen LogP) is 1.28. The van der Waals surface area contributed by atoms with E-state index in [0.29, 0.717) is 0 Å². The Morgan fingerprint density at radius 3 is 2.83 bits per heavy atom. The summed E-state index contributed by atoms with van der Waals surface area (Å²) in [5, 5.41) is 0. The summed E-state index contributed by atoms with van der Waals surface area (Å²) in [7, 11) is 4.74. The highest BCUT2D eigenvalue weighted by molar-refractivity contribution is 4.70. The van der Waals surface area contributed by atoms with E-state index in [0.717, 1.165) is 6.17 Å². The molecule has 2 fully saturated rings. The maximum Gasteiger partial charge on any atom is 0.145 e. The molecule has 0 spiro atoms. The first-order chi connectivity index (χ1) is 5.72. The van der Waals surface area contributed by atoms with Crippen LogP contribution < -0.4 is 0 Å². The van der Waals surface area contributed by atoms with Gasteiger partial charge in [-0.3, -0.25) is 4.90 Å². The molecule has 2 nitrogen and oxygen atoms in total. The van der Waals surface area contributed by atoms with Crippen LogP contribution in [-0.4, -0.2) is 49.3 Å². The van der Waals surface area contributed by atoms with Crippen LogP contribution in [0.2, 0.25) is 0 Å². The van der Waals surface area contributed by atoms with E-state index in [-0.39, 0.29) is 0 Å². The van der Waals surface area contributed by atoms with Crippen molar-refractivity contribution in [2.75, 3.05) is 33.7 Å². The number of quaternary nitrogens is 1. The van der Waals surface area contributed by atoms with Crippen LogP contribution in [0, 0.1) is 0 Å². The average molecular weight is 169 g/mol. The Hall–Kier alpha value is -0.0800. The van der Waals surface area contributed by atoms with Crippen molar-refractivity contribution in [3.63, 3.8) is 0 Å². The summed E-state index contributed by atoms with van der Waals surface area (Å²) in [4.78, 5) is 2.56. The minimum Gasteiger partial charge on any atom is -0.310 e. The highest BCUT2D eigenvalue weighted by atomic mass is 15.5. The minimum atomic E-state index is 0.840. The number of fused-ring (bicyclic) bond motifs is 1. The maximum atomic E-state index is 2.56. The van der Waals surface area contributed by atoms with Crippen molar-refractivity contribution in [3.8, 4) is 0 Å². The smallest absolute Gasteiger partial charge is 0.145 e. The summed E-state index contributed by atoms with van der Waals surface area (Å²) in [5.74, 6) is 0. The summed E-state index contributed by atoms with van der Waals surface area (Å²) < 4.78 is 1.33. The Morgan fingerprint density at radius 1 is 1.17 bits per heavy atom. The second-order valence-corrected chi connectivity index (χ2v) is 4.74. The van der Waals surface area contributed by atoms with Crippen molar-refractivity contribution in [2.24, 2.45) is 0 Å². The van der Waals surface area contributed by atoms with Crippen LogP contribution in [-0.2, 0) is 0 Å². The molecular formula is C10H21N2+. The molecule has 2 unspecified atom stereocenters. The molecule has 0 radical (unpaired) electrons. The van der Waals surface area contributed by atoms with Crippen LogP contribution in [0.3, 0.4) is 0 Å². The lowest BCUT2D eigenvalue weighted by molar-refractivity contribution is -0.925. The highest BCUT2D eigenvalue weighted by Gasteiger charge is 2.41. The Bertz CT molecular complexity index is 169. The average Bonchev–Trinajstić information content (AvgIpc) is 2.24. The van der Waals surface area contributed by atoms with Crippen molar-refractivity contribution in [2.45, 2.75) is 31.8 Å². The predicted molar refractivity (Wildman–Crippen MR) is 50.8 cm³/mol. The van der Waals surface area contributed by atoms with Gasteiger partial charge in [0, 0.05) is 6.42 Å². The maximum absolute atomic E-state index is 2.56. The van der Waals surface area contributed by atoms with Gasteiger partial charge in [0.15, 0.2) is 0 Å². The molecule has 0 bridgehead atoms. The fourth-order valence-corrected chi connectivity index (χ4v) is 2.93. The third-order valence-electron chi connectivity index (χ3n) is 3.82. The van der Waals surface area contributed by atoms with Crippen LogP contribution >= 0.6 is 0 Å². The van der Waals surface area contributed by atoms with Crippen molar-refractivity contribution < 1.29 is 4.48 Å². The van der Waals surface area contributed by atoms with Crippen LogP contribution in [0.1, 0.15) is 25.7 Å². The third-order valence-corrected chi connectivity index (χ3v) is 3.82. The summed E-state index contributed by atoms with van der Waals surface area (Å²) in [5.41, 5.74) is 0. The first-order valence-corrected chi connectivity index (χ1v) is 5.27. The van der Waals surface area contributed by atoms with Crippen molar-refractivity contribution >= 4 is 0 Å². The number of likely N-dealkylation sites (N-methyl/N-ethyl adjacent to an activating group) is 2. The first kappa shape index (κ1) is 8.52. The van der Waals surface area contributed by atoms with E-state index in [1.165, 1.54) is 49.8 Å². The van der Waals surface area contributed by atoms with E-state index in [1.807, 2.05) is 0 Å². The quantitative estimate of drug-likeness (QED) is 0.494. The van der Waals surface area contributed by atoms with Gasteiger partial charge >= 0.3 is 0 Å². The van der Waals surface area contributed by atoms with Gasteiger partial charge in [-0.1, -0.05) is 0 Å². The highest BCUT2D eigenvalue weighted by Crippen LogP contribution is 2.28. The van der Waals surface area contributed by atoms with E-state index < -0.39 is 0 Å². The Labute approximate surface area is 75.7 Å². The van der Waals surface area contributed by atoms with Gasteiger partial charge in [0.05, 0.1) is 26.7 Å². The number of rotatable bonds is 0. The Balaban J connectivity index is 2.14. The van der Waals surface area contributed by atoms with Gasteiger partial charge in [-0.05, 0) is 26.3 Å². The number of hydrogen-bond acceptors (Lipinski definition) is 1. The molecule has 12 heavy (non-hydrogen) atoms. The van der Waals surface area contributed by atoms with Crippen molar-refractivity contribution in [3.05, 3.63) is 0 Å². The Kier molecular flexibility index (Phi) is 2.13. The summed E-state index contributed by atoms with van der Waals surface area (Å²) in [6, 6.07) is 0. The zero-order valence-electron chi connectivity index (χ0n) is 8.42. The lowest BCUT2D eigenvalue weighted by Gasteiger charge is -2.35. The molecule has 0 aromatic carbocycles. The van der Waals surface area contributed by atoms with Crippen LogP contribution in [0.15, 0.2) is 0 Å². The Morgan fingerprint density at radius 2 is 2.00 bits per heavy atom. The lowest BCUT2D eigenvalue weighted by atomic mass is 10.2. The zero-order chi connectivity index (χ0) is 8.60. The minimum absolute atomic E-state index is 0.840. The summed E-state index contributed by atoms with van der Waals surface area (Å²) in [6.45, 7) is 4.09. The van der Waals surface area contributed by atoms with Gasteiger partial charge in [-0.25, -0.2) is 0 Å². The lowest BCUT2D eigenvalue weighted by Crippen LogP contribution is -2.50. The molecule has 2 atom stereocenters. The standard InChI is InChI=1S/C10H21N2/c1-11-7-9-12(2)8-5-3-4-6-10(11)12/h10H,3-9H2,1-2H3/q+1. The van der Waals surface area contributed by atoms with Crippen molar-refractivity contribution in [1.29, 1.82) is 0 Å². The third kappa shape index (κ3) is 1.27. The van der Waals surface area contributed by atoms with Crippen LogP contribution in [0.25, 0.3) is 0 Å². The van der Waals surface area contributed by atoms with Gasteiger partial charge < -0.3 is 4.48 Å². The molecule has 0 aromatic heterocycles. The van der Waals surface area contributed by atoms with Crippen molar-refractivity contribution in [1.82, 2.24) is 4.90 Å².